The Bertz CT molecular complexity index is 876. The highest BCUT2D eigenvalue weighted by Gasteiger charge is 2.40. The molecule has 5 rings (SSSR count). The van der Waals surface area contributed by atoms with Crippen LogP contribution >= 0.6 is 0 Å². The summed E-state index contributed by atoms with van der Waals surface area (Å²) in [5, 5.41) is 6.07. The van der Waals surface area contributed by atoms with Crippen LogP contribution < -0.4 is 10.6 Å². The maximum atomic E-state index is 13.0. The number of piperidine rings is 3. The average molecular weight is 380 g/mol. The zero-order valence-corrected chi connectivity index (χ0v) is 16.7. The molecule has 1 aromatic carbocycles. The van der Waals surface area contributed by atoms with Crippen molar-refractivity contribution >= 4 is 17.5 Å². The molecule has 3 fully saturated rings. The Morgan fingerprint density at radius 1 is 1.04 bits per heavy atom. The Labute approximate surface area is 165 Å². The number of benzene rings is 1. The number of amides is 2. The number of carbonyl (C=O) groups excluding carboxylic acids is 2. The van der Waals surface area contributed by atoms with Crippen LogP contribution in [0.3, 0.4) is 0 Å². The fourth-order valence-electron chi connectivity index (χ4n) is 4.73. The summed E-state index contributed by atoms with van der Waals surface area (Å²) in [4.78, 5) is 26.6. The van der Waals surface area contributed by atoms with E-state index in [-0.39, 0.29) is 17.9 Å². The summed E-state index contributed by atoms with van der Waals surface area (Å²) in [5.41, 5.74) is 3.41. The molecule has 2 amide bonds. The van der Waals surface area contributed by atoms with Gasteiger partial charge in [0, 0.05) is 37.4 Å². The lowest BCUT2D eigenvalue weighted by atomic mass is 9.79. The Morgan fingerprint density at radius 2 is 1.71 bits per heavy atom. The minimum Gasteiger partial charge on any atom is -0.346 e. The second-order valence-corrected chi connectivity index (χ2v) is 8.03. The standard InChI is InChI=1S/C22H28N4O2/c1-14-21(17-10-12-26(14)13-11-17)24-22(28)20-9-8-19(25(20)3)16-4-6-18(7-5-16)23-15(2)27/h4-9,14,17,21H,10-13H2,1-3H3,(H,23,27)(H,24,28)/t14-,21+/m1/s1. The zero-order chi connectivity index (χ0) is 19.8. The minimum absolute atomic E-state index is 0.00536. The van der Waals surface area contributed by atoms with Crippen molar-refractivity contribution in [2.75, 3.05) is 18.4 Å². The van der Waals surface area contributed by atoms with Crippen LogP contribution in [0.5, 0.6) is 0 Å². The highest BCUT2D eigenvalue weighted by molar-refractivity contribution is 5.94. The largest absolute Gasteiger partial charge is 0.346 e. The first-order valence-electron chi connectivity index (χ1n) is 10.0. The smallest absolute Gasteiger partial charge is 0.268 e. The van der Waals surface area contributed by atoms with Gasteiger partial charge in [-0.05, 0) is 68.6 Å². The lowest BCUT2D eigenvalue weighted by molar-refractivity contribution is -0.114. The van der Waals surface area contributed by atoms with Gasteiger partial charge in [0.05, 0.1) is 0 Å². The summed E-state index contributed by atoms with van der Waals surface area (Å²) in [6.45, 7) is 6.03. The van der Waals surface area contributed by atoms with Gasteiger partial charge in [0.2, 0.25) is 5.91 Å². The molecule has 0 radical (unpaired) electrons. The second kappa shape index (κ2) is 7.43. The summed E-state index contributed by atoms with van der Waals surface area (Å²) in [7, 11) is 1.92. The molecule has 2 bridgehead atoms. The van der Waals surface area contributed by atoms with Gasteiger partial charge >= 0.3 is 0 Å². The second-order valence-electron chi connectivity index (χ2n) is 8.03. The van der Waals surface area contributed by atoms with E-state index in [1.54, 1.807) is 0 Å². The predicted octanol–water partition coefficient (Wildman–Crippen LogP) is 2.86. The van der Waals surface area contributed by atoms with Crippen molar-refractivity contribution < 1.29 is 9.59 Å². The van der Waals surface area contributed by atoms with Gasteiger partial charge in [0.15, 0.2) is 0 Å². The quantitative estimate of drug-likeness (QED) is 0.857. The van der Waals surface area contributed by atoms with Crippen molar-refractivity contribution in [2.24, 2.45) is 13.0 Å². The predicted molar refractivity (Wildman–Crippen MR) is 110 cm³/mol. The summed E-state index contributed by atoms with van der Waals surface area (Å²) in [6, 6.07) is 12.1. The van der Waals surface area contributed by atoms with Crippen molar-refractivity contribution in [1.29, 1.82) is 0 Å². The molecule has 0 spiro atoms. The molecule has 1 aromatic heterocycles. The number of hydrogen-bond donors (Lipinski definition) is 2. The van der Waals surface area contributed by atoms with E-state index in [0.29, 0.717) is 17.7 Å². The summed E-state index contributed by atoms with van der Waals surface area (Å²) >= 11 is 0. The van der Waals surface area contributed by atoms with E-state index in [4.69, 9.17) is 0 Å². The molecule has 0 saturated carbocycles. The molecule has 148 valence electrons. The van der Waals surface area contributed by atoms with Crippen molar-refractivity contribution in [1.82, 2.24) is 14.8 Å². The Kier molecular flexibility index (Phi) is 4.98. The summed E-state index contributed by atoms with van der Waals surface area (Å²) in [5.74, 6) is 0.492. The maximum absolute atomic E-state index is 13.0. The molecule has 0 unspecified atom stereocenters. The maximum Gasteiger partial charge on any atom is 0.268 e. The van der Waals surface area contributed by atoms with Gasteiger partial charge in [-0.2, -0.15) is 0 Å². The summed E-state index contributed by atoms with van der Waals surface area (Å²) in [6.07, 6.45) is 2.35. The van der Waals surface area contributed by atoms with E-state index in [0.717, 1.165) is 30.0 Å². The third kappa shape index (κ3) is 3.44. The summed E-state index contributed by atoms with van der Waals surface area (Å²) < 4.78 is 1.94. The van der Waals surface area contributed by atoms with Crippen LogP contribution in [-0.2, 0) is 11.8 Å². The van der Waals surface area contributed by atoms with Gasteiger partial charge in [-0.1, -0.05) is 12.1 Å². The minimum atomic E-state index is -0.0902. The molecule has 3 aliphatic heterocycles. The monoisotopic (exact) mass is 380 g/mol. The lowest BCUT2D eigenvalue weighted by Gasteiger charge is -2.49. The van der Waals surface area contributed by atoms with Crippen LogP contribution in [0.2, 0.25) is 0 Å². The first-order chi connectivity index (χ1) is 13.4. The van der Waals surface area contributed by atoms with Crippen LogP contribution in [-0.4, -0.2) is 46.5 Å². The van der Waals surface area contributed by atoms with Gasteiger partial charge < -0.3 is 15.2 Å². The number of fused-ring (bicyclic) bond motifs is 3. The Hall–Kier alpha value is -2.60. The highest BCUT2D eigenvalue weighted by atomic mass is 16.2. The normalized spacial score (nSPS) is 26.1. The molecule has 2 N–H and O–H groups in total. The van der Waals surface area contributed by atoms with Gasteiger partial charge in [-0.15, -0.1) is 0 Å². The van der Waals surface area contributed by atoms with Crippen molar-refractivity contribution in [3.05, 3.63) is 42.1 Å². The van der Waals surface area contributed by atoms with Crippen molar-refractivity contribution in [3.63, 3.8) is 0 Å². The lowest BCUT2D eigenvalue weighted by Crippen LogP contribution is -2.62. The number of rotatable bonds is 4. The molecule has 0 aliphatic carbocycles. The van der Waals surface area contributed by atoms with Crippen LogP contribution in [0.4, 0.5) is 5.69 Å². The molecular weight excluding hydrogens is 352 g/mol. The van der Waals surface area contributed by atoms with Gasteiger partial charge in [0.1, 0.15) is 5.69 Å². The van der Waals surface area contributed by atoms with Crippen LogP contribution in [0.1, 0.15) is 37.2 Å². The van der Waals surface area contributed by atoms with Crippen LogP contribution in [0.15, 0.2) is 36.4 Å². The molecular formula is C22H28N4O2. The third-order valence-electron chi connectivity index (χ3n) is 6.33. The zero-order valence-electron chi connectivity index (χ0n) is 16.7. The van der Waals surface area contributed by atoms with E-state index < -0.39 is 0 Å². The number of nitrogens with one attached hydrogen (secondary N) is 2. The number of carbonyl (C=O) groups is 2. The van der Waals surface area contributed by atoms with Crippen molar-refractivity contribution in [2.45, 2.75) is 38.8 Å². The van der Waals surface area contributed by atoms with E-state index in [1.807, 2.05) is 48.0 Å². The van der Waals surface area contributed by atoms with E-state index >= 15 is 0 Å². The molecule has 6 nitrogen and oxygen atoms in total. The van der Waals surface area contributed by atoms with Crippen LogP contribution in [0, 0.1) is 5.92 Å². The molecule has 6 heteroatoms. The number of nitrogens with zero attached hydrogens (tertiary/aromatic N) is 2. The van der Waals surface area contributed by atoms with Crippen LogP contribution in [0.25, 0.3) is 11.3 Å². The molecule has 3 saturated heterocycles. The van der Waals surface area contributed by atoms with E-state index in [9.17, 15) is 9.59 Å². The number of anilines is 1. The molecule has 3 aliphatic rings. The SMILES string of the molecule is CC(=O)Nc1ccc(-c2ccc(C(=O)N[C@@H]3C4CCN(CC4)[C@@H]3C)n2C)cc1. The molecule has 4 heterocycles. The molecule has 28 heavy (non-hydrogen) atoms. The fourth-order valence-corrected chi connectivity index (χ4v) is 4.73. The molecule has 2 aromatic rings. The fraction of sp³-hybridized carbons (Fsp3) is 0.455. The average Bonchev–Trinajstić information content (AvgIpc) is 3.06. The topological polar surface area (TPSA) is 66.4 Å². The van der Waals surface area contributed by atoms with E-state index in [1.165, 1.54) is 19.8 Å². The van der Waals surface area contributed by atoms with Crippen molar-refractivity contribution in [3.8, 4) is 11.3 Å². The van der Waals surface area contributed by atoms with E-state index in [2.05, 4.69) is 22.5 Å². The highest BCUT2D eigenvalue weighted by Crippen LogP contribution is 2.32. The van der Waals surface area contributed by atoms with Gasteiger partial charge in [0.25, 0.3) is 5.91 Å². The first-order valence-corrected chi connectivity index (χ1v) is 10.0. The third-order valence-corrected chi connectivity index (χ3v) is 6.33. The molecule has 2 atom stereocenters. The van der Waals surface area contributed by atoms with Gasteiger partial charge in [-0.25, -0.2) is 0 Å². The Balaban J connectivity index is 1.50. The number of hydrogen-bond acceptors (Lipinski definition) is 3. The first kappa shape index (κ1) is 18.7. The van der Waals surface area contributed by atoms with Gasteiger partial charge in [-0.3, -0.25) is 14.5 Å². The Morgan fingerprint density at radius 3 is 2.32 bits per heavy atom. The number of aromatic nitrogens is 1.